The molecule has 2 N–H and O–H groups in total. The van der Waals surface area contributed by atoms with Gasteiger partial charge in [-0.3, -0.25) is 14.9 Å². The van der Waals surface area contributed by atoms with Crippen molar-refractivity contribution in [2.75, 3.05) is 5.32 Å². The second kappa shape index (κ2) is 8.57. The van der Waals surface area contributed by atoms with Crippen molar-refractivity contribution < 1.29 is 14.5 Å². The first-order chi connectivity index (χ1) is 12.3. The molecule has 0 aromatic heterocycles. The quantitative estimate of drug-likeness (QED) is 0.354. The van der Waals surface area contributed by atoms with Crippen LogP contribution in [0, 0.1) is 10.1 Å². The first kappa shape index (κ1) is 18.9. The Balaban J connectivity index is 1.98. The summed E-state index contributed by atoms with van der Waals surface area (Å²) in [4.78, 5) is 33.9. The van der Waals surface area contributed by atoms with Crippen molar-refractivity contribution in [3.8, 4) is 0 Å². The fourth-order valence-corrected chi connectivity index (χ4v) is 2.12. The van der Waals surface area contributed by atoms with Gasteiger partial charge in [-0.25, -0.2) is 4.79 Å². The Bertz CT molecular complexity index is 825. The van der Waals surface area contributed by atoms with E-state index in [-0.39, 0.29) is 23.5 Å². The average Bonchev–Trinajstić information content (AvgIpc) is 2.60. The van der Waals surface area contributed by atoms with E-state index in [2.05, 4.69) is 10.6 Å². The summed E-state index contributed by atoms with van der Waals surface area (Å²) in [5, 5.41) is 16.0. The molecule has 0 bridgehead atoms. The van der Waals surface area contributed by atoms with E-state index in [0.29, 0.717) is 16.8 Å². The molecule has 0 unspecified atom stereocenters. The third kappa shape index (κ3) is 5.55. The maximum Gasteiger partial charge on any atom is 0.319 e. The van der Waals surface area contributed by atoms with Gasteiger partial charge >= 0.3 is 6.03 Å². The van der Waals surface area contributed by atoms with Gasteiger partial charge in [0.1, 0.15) is 0 Å². The number of hydrogen-bond acceptors (Lipinski definition) is 4. The highest BCUT2D eigenvalue weighted by Crippen LogP contribution is 2.14. The number of hydrogen-bond donors (Lipinski definition) is 2. The lowest BCUT2D eigenvalue weighted by molar-refractivity contribution is -0.384. The van der Waals surface area contributed by atoms with Crippen molar-refractivity contribution in [3.63, 3.8) is 0 Å². The molecule has 26 heavy (non-hydrogen) atoms. The van der Waals surface area contributed by atoms with Gasteiger partial charge < -0.3 is 10.6 Å². The molecule has 0 saturated heterocycles. The minimum atomic E-state index is -0.477. The molecule has 0 saturated carbocycles. The fourth-order valence-electron chi connectivity index (χ4n) is 2.12. The van der Waals surface area contributed by atoms with Crippen molar-refractivity contribution in [1.82, 2.24) is 5.32 Å². The van der Waals surface area contributed by atoms with E-state index in [0.717, 1.165) is 0 Å². The Hall–Kier alpha value is -3.48. The van der Waals surface area contributed by atoms with Crippen LogP contribution in [-0.4, -0.2) is 22.8 Å². The molecule has 0 aliphatic carbocycles. The van der Waals surface area contributed by atoms with Gasteiger partial charge in [-0.2, -0.15) is 0 Å². The predicted octanol–water partition coefficient (Wildman–Crippen LogP) is 4.02. The van der Waals surface area contributed by atoms with E-state index in [1.807, 2.05) is 13.8 Å². The van der Waals surface area contributed by atoms with Crippen LogP contribution in [0.25, 0.3) is 6.08 Å². The number of amides is 2. The number of urea groups is 1. The number of rotatable bonds is 6. The topological polar surface area (TPSA) is 101 Å². The molecule has 2 amide bonds. The minimum Gasteiger partial charge on any atom is -0.336 e. The van der Waals surface area contributed by atoms with Crippen molar-refractivity contribution in [2.45, 2.75) is 19.9 Å². The molecule has 0 atom stereocenters. The van der Waals surface area contributed by atoms with Crippen LogP contribution in [0.1, 0.15) is 29.8 Å². The number of nitrogens with zero attached hydrogens (tertiary/aromatic N) is 1. The summed E-state index contributed by atoms with van der Waals surface area (Å²) < 4.78 is 0. The van der Waals surface area contributed by atoms with Gasteiger partial charge in [-0.15, -0.1) is 0 Å². The standard InChI is InChI=1S/C19H19N3O4/c1-13(2)20-19(24)21-16-8-6-15(7-9-16)18(23)12-5-14-3-10-17(11-4-14)22(25)26/h3-13H,1-2H3,(H2,20,21,24)/b12-5+. The lowest BCUT2D eigenvalue weighted by Crippen LogP contribution is -2.34. The molecule has 134 valence electrons. The Labute approximate surface area is 150 Å². The third-order valence-electron chi connectivity index (χ3n) is 3.38. The van der Waals surface area contributed by atoms with Crippen molar-refractivity contribution in [3.05, 3.63) is 75.8 Å². The van der Waals surface area contributed by atoms with Gasteiger partial charge in [-0.1, -0.05) is 6.08 Å². The van der Waals surface area contributed by atoms with Crippen molar-refractivity contribution in [2.24, 2.45) is 0 Å². The summed E-state index contributed by atoms with van der Waals surface area (Å²) >= 11 is 0. The fraction of sp³-hybridized carbons (Fsp3) is 0.158. The highest BCUT2D eigenvalue weighted by Gasteiger charge is 2.06. The van der Waals surface area contributed by atoms with E-state index in [1.54, 1.807) is 42.5 Å². The summed E-state index contributed by atoms with van der Waals surface area (Å²) in [5.41, 5.74) is 1.74. The second-order valence-corrected chi connectivity index (χ2v) is 5.88. The Morgan fingerprint density at radius 3 is 2.19 bits per heavy atom. The number of carbonyl (C=O) groups is 2. The highest BCUT2D eigenvalue weighted by atomic mass is 16.6. The normalized spacial score (nSPS) is 10.7. The molecule has 7 nitrogen and oxygen atoms in total. The van der Waals surface area contributed by atoms with Crippen LogP contribution in [0.4, 0.5) is 16.2 Å². The Morgan fingerprint density at radius 2 is 1.65 bits per heavy atom. The Morgan fingerprint density at radius 1 is 1.04 bits per heavy atom. The number of allylic oxidation sites excluding steroid dienone is 1. The van der Waals surface area contributed by atoms with Gasteiger partial charge in [-0.05, 0) is 61.9 Å². The summed E-state index contributed by atoms with van der Waals surface area (Å²) in [7, 11) is 0. The maximum absolute atomic E-state index is 12.2. The molecule has 0 radical (unpaired) electrons. The minimum absolute atomic E-state index is 0.00179. The van der Waals surface area contributed by atoms with Crippen LogP contribution in [0.15, 0.2) is 54.6 Å². The number of ketones is 1. The molecule has 2 aromatic rings. The van der Waals surface area contributed by atoms with Crippen LogP contribution in [0.5, 0.6) is 0 Å². The van der Waals surface area contributed by atoms with E-state index < -0.39 is 4.92 Å². The third-order valence-corrected chi connectivity index (χ3v) is 3.38. The average molecular weight is 353 g/mol. The zero-order valence-electron chi connectivity index (χ0n) is 14.4. The SMILES string of the molecule is CC(C)NC(=O)Nc1ccc(C(=O)/C=C/c2ccc([N+](=O)[O-])cc2)cc1. The zero-order valence-corrected chi connectivity index (χ0v) is 14.4. The maximum atomic E-state index is 12.2. The number of nitrogens with one attached hydrogen (secondary N) is 2. The van der Waals surface area contributed by atoms with Gasteiger partial charge in [0, 0.05) is 29.4 Å². The molecule has 0 fully saturated rings. The van der Waals surface area contributed by atoms with E-state index in [1.165, 1.54) is 18.2 Å². The Kier molecular flexibility index (Phi) is 6.21. The summed E-state index contributed by atoms with van der Waals surface area (Å²) in [5.74, 6) is -0.207. The van der Waals surface area contributed by atoms with E-state index in [4.69, 9.17) is 0 Å². The van der Waals surface area contributed by atoms with Gasteiger partial charge in [0.25, 0.3) is 5.69 Å². The summed E-state index contributed by atoms with van der Waals surface area (Å²) in [6.45, 7) is 3.72. The smallest absolute Gasteiger partial charge is 0.319 e. The lowest BCUT2D eigenvalue weighted by Gasteiger charge is -2.10. The van der Waals surface area contributed by atoms with Crippen LogP contribution < -0.4 is 10.6 Å². The van der Waals surface area contributed by atoms with Crippen LogP contribution in [0.2, 0.25) is 0 Å². The van der Waals surface area contributed by atoms with Crippen LogP contribution in [-0.2, 0) is 0 Å². The molecular formula is C19H19N3O4. The first-order valence-electron chi connectivity index (χ1n) is 7.99. The van der Waals surface area contributed by atoms with Crippen molar-refractivity contribution in [1.29, 1.82) is 0 Å². The monoisotopic (exact) mass is 353 g/mol. The predicted molar refractivity (Wildman–Crippen MR) is 100 cm³/mol. The molecule has 0 aliphatic rings. The van der Waals surface area contributed by atoms with Gasteiger partial charge in [0.05, 0.1) is 4.92 Å². The van der Waals surface area contributed by atoms with Gasteiger partial charge in [0.2, 0.25) is 0 Å². The van der Waals surface area contributed by atoms with E-state index in [9.17, 15) is 19.7 Å². The van der Waals surface area contributed by atoms with Crippen LogP contribution in [0.3, 0.4) is 0 Å². The summed E-state index contributed by atoms with van der Waals surface area (Å²) in [6, 6.07) is 12.2. The number of carbonyl (C=O) groups excluding carboxylic acids is 2. The number of anilines is 1. The number of benzene rings is 2. The van der Waals surface area contributed by atoms with Crippen LogP contribution >= 0.6 is 0 Å². The van der Waals surface area contributed by atoms with Gasteiger partial charge in [0.15, 0.2) is 5.78 Å². The first-order valence-corrected chi connectivity index (χ1v) is 7.99. The zero-order chi connectivity index (χ0) is 19.1. The van der Waals surface area contributed by atoms with Crippen molar-refractivity contribution >= 4 is 29.3 Å². The molecule has 0 heterocycles. The highest BCUT2D eigenvalue weighted by molar-refractivity contribution is 6.07. The molecular weight excluding hydrogens is 334 g/mol. The number of nitro benzene ring substituents is 1. The van der Waals surface area contributed by atoms with E-state index >= 15 is 0 Å². The summed E-state index contributed by atoms with van der Waals surface area (Å²) in [6.07, 6.45) is 2.99. The number of non-ortho nitro benzene ring substituents is 1. The lowest BCUT2D eigenvalue weighted by atomic mass is 10.1. The molecule has 0 aliphatic heterocycles. The second-order valence-electron chi connectivity index (χ2n) is 5.88. The molecule has 0 spiro atoms. The number of nitro groups is 1. The molecule has 2 aromatic carbocycles. The largest absolute Gasteiger partial charge is 0.336 e. The molecule has 7 heteroatoms. The molecule has 2 rings (SSSR count).